The van der Waals surface area contributed by atoms with E-state index in [2.05, 4.69) is 17.1 Å². The van der Waals surface area contributed by atoms with Crippen molar-refractivity contribution in [2.24, 2.45) is 10.9 Å². The first-order chi connectivity index (χ1) is 9.83. The number of halogens is 1. The van der Waals surface area contributed by atoms with E-state index in [-0.39, 0.29) is 24.0 Å². The Hall–Kier alpha value is -0.760. The highest BCUT2D eigenvalue weighted by Gasteiger charge is 2.24. The number of ether oxygens (including phenoxy) is 1. The predicted octanol–water partition coefficient (Wildman–Crippen LogP) is 2.37. The molecule has 2 heterocycles. The van der Waals surface area contributed by atoms with E-state index >= 15 is 0 Å². The Labute approximate surface area is 144 Å². The van der Waals surface area contributed by atoms with Gasteiger partial charge in [0.15, 0.2) is 5.96 Å². The molecule has 0 spiro atoms. The molecule has 120 valence electrons. The molecule has 1 fully saturated rings. The Morgan fingerprint density at radius 1 is 1.57 bits per heavy atom. The molecule has 1 aromatic rings. The van der Waals surface area contributed by atoms with Crippen LogP contribution in [-0.2, 0) is 11.2 Å². The minimum Gasteiger partial charge on any atom is -0.469 e. The normalized spacial score (nSPS) is 18.7. The van der Waals surface area contributed by atoms with Gasteiger partial charge in [-0.2, -0.15) is 0 Å². The van der Waals surface area contributed by atoms with E-state index in [0.717, 1.165) is 50.9 Å². The number of hydrogen-bond acceptors (Lipinski definition) is 3. The minimum absolute atomic E-state index is 0. The smallest absolute Gasteiger partial charge is 0.193 e. The summed E-state index contributed by atoms with van der Waals surface area (Å²) in [5.74, 6) is 2.62. The molecule has 0 bridgehead atoms. The van der Waals surface area contributed by atoms with Gasteiger partial charge in [-0.15, -0.1) is 24.0 Å². The Kier molecular flexibility index (Phi) is 8.75. The molecule has 2 rings (SSSR count). The van der Waals surface area contributed by atoms with Crippen LogP contribution in [0.3, 0.4) is 0 Å². The van der Waals surface area contributed by atoms with E-state index in [1.165, 1.54) is 6.42 Å². The molecule has 0 amide bonds. The second-order valence-corrected chi connectivity index (χ2v) is 5.12. The molecular weight excluding hydrogens is 381 g/mol. The van der Waals surface area contributed by atoms with Gasteiger partial charge in [0.25, 0.3) is 0 Å². The minimum atomic E-state index is 0. The third kappa shape index (κ3) is 5.86. The van der Waals surface area contributed by atoms with Crippen LogP contribution < -0.4 is 5.32 Å². The molecule has 1 N–H and O–H groups in total. The molecule has 1 aliphatic rings. The highest BCUT2D eigenvalue weighted by Crippen LogP contribution is 2.16. The van der Waals surface area contributed by atoms with Crippen LogP contribution in [0.25, 0.3) is 0 Å². The molecular formula is C15H26IN3O2. The standard InChI is InChI=1S/C15H25N3O2.HI/c1-3-16-15(17-8-6-14-5-4-10-20-14)18-9-7-13(11-18)12-19-2;/h4-5,10,13H,3,6-9,11-12H2,1-2H3,(H,16,17);1H. The molecule has 1 saturated heterocycles. The monoisotopic (exact) mass is 407 g/mol. The molecule has 1 unspecified atom stereocenters. The zero-order valence-electron chi connectivity index (χ0n) is 12.9. The number of likely N-dealkylation sites (tertiary alicyclic amines) is 1. The fourth-order valence-corrected chi connectivity index (χ4v) is 2.55. The molecule has 0 radical (unpaired) electrons. The Morgan fingerprint density at radius 2 is 2.43 bits per heavy atom. The van der Waals surface area contributed by atoms with Crippen molar-refractivity contribution in [3.8, 4) is 0 Å². The van der Waals surface area contributed by atoms with Gasteiger partial charge in [0.05, 0.1) is 12.9 Å². The third-order valence-corrected chi connectivity index (χ3v) is 3.52. The van der Waals surface area contributed by atoms with Crippen molar-refractivity contribution < 1.29 is 9.15 Å². The quantitative estimate of drug-likeness (QED) is 0.447. The molecule has 0 saturated carbocycles. The van der Waals surface area contributed by atoms with Gasteiger partial charge >= 0.3 is 0 Å². The summed E-state index contributed by atoms with van der Waals surface area (Å²) in [6.07, 6.45) is 3.73. The van der Waals surface area contributed by atoms with Crippen molar-refractivity contribution in [2.75, 3.05) is 39.9 Å². The summed E-state index contributed by atoms with van der Waals surface area (Å²) < 4.78 is 10.6. The molecule has 1 aromatic heterocycles. The molecule has 0 aromatic carbocycles. The van der Waals surface area contributed by atoms with Crippen LogP contribution >= 0.6 is 24.0 Å². The van der Waals surface area contributed by atoms with Gasteiger partial charge < -0.3 is 19.4 Å². The average molecular weight is 407 g/mol. The van der Waals surface area contributed by atoms with Gasteiger partial charge in [0, 0.05) is 45.6 Å². The average Bonchev–Trinajstić information content (AvgIpc) is 3.09. The van der Waals surface area contributed by atoms with Gasteiger partial charge in [0.1, 0.15) is 5.76 Å². The molecule has 5 nitrogen and oxygen atoms in total. The van der Waals surface area contributed by atoms with Crippen LogP contribution in [0.1, 0.15) is 19.1 Å². The number of nitrogens with zero attached hydrogens (tertiary/aromatic N) is 2. The van der Waals surface area contributed by atoms with Crippen molar-refractivity contribution in [1.29, 1.82) is 0 Å². The lowest BCUT2D eigenvalue weighted by Gasteiger charge is -2.21. The number of methoxy groups -OCH3 is 1. The second-order valence-electron chi connectivity index (χ2n) is 5.12. The number of furan rings is 1. The summed E-state index contributed by atoms with van der Waals surface area (Å²) in [7, 11) is 1.77. The van der Waals surface area contributed by atoms with E-state index in [1.54, 1.807) is 13.4 Å². The van der Waals surface area contributed by atoms with Gasteiger partial charge in [-0.3, -0.25) is 4.99 Å². The highest BCUT2D eigenvalue weighted by atomic mass is 127. The van der Waals surface area contributed by atoms with Gasteiger partial charge in [-0.25, -0.2) is 0 Å². The summed E-state index contributed by atoms with van der Waals surface area (Å²) in [4.78, 5) is 7.02. The second kappa shape index (κ2) is 10.0. The SMILES string of the molecule is CCNC(=NCCc1ccco1)N1CCC(COC)C1.I. The Balaban J connectivity index is 0.00000220. The Bertz CT molecular complexity index is 409. The van der Waals surface area contributed by atoms with E-state index in [0.29, 0.717) is 5.92 Å². The highest BCUT2D eigenvalue weighted by molar-refractivity contribution is 14.0. The van der Waals surface area contributed by atoms with E-state index in [4.69, 9.17) is 14.1 Å². The lowest BCUT2D eigenvalue weighted by atomic mass is 10.1. The van der Waals surface area contributed by atoms with Crippen LogP contribution in [0.5, 0.6) is 0 Å². The maximum Gasteiger partial charge on any atom is 0.193 e. The largest absolute Gasteiger partial charge is 0.469 e. The summed E-state index contributed by atoms with van der Waals surface area (Å²) in [5.41, 5.74) is 0. The third-order valence-electron chi connectivity index (χ3n) is 3.52. The fourth-order valence-electron chi connectivity index (χ4n) is 2.55. The van der Waals surface area contributed by atoms with Crippen molar-refractivity contribution in [3.63, 3.8) is 0 Å². The van der Waals surface area contributed by atoms with Crippen molar-refractivity contribution in [1.82, 2.24) is 10.2 Å². The number of hydrogen-bond donors (Lipinski definition) is 1. The first-order valence-corrected chi connectivity index (χ1v) is 7.38. The van der Waals surface area contributed by atoms with Crippen molar-refractivity contribution >= 4 is 29.9 Å². The molecule has 21 heavy (non-hydrogen) atoms. The topological polar surface area (TPSA) is 50.0 Å². The van der Waals surface area contributed by atoms with Crippen LogP contribution in [0.15, 0.2) is 27.8 Å². The van der Waals surface area contributed by atoms with E-state index in [1.807, 2.05) is 12.1 Å². The molecule has 6 heteroatoms. The summed E-state index contributed by atoms with van der Waals surface area (Å²) in [5, 5.41) is 3.37. The van der Waals surface area contributed by atoms with Crippen LogP contribution in [-0.4, -0.2) is 50.8 Å². The number of nitrogens with one attached hydrogen (secondary N) is 1. The van der Waals surface area contributed by atoms with E-state index in [9.17, 15) is 0 Å². The predicted molar refractivity (Wildman–Crippen MR) is 95.4 cm³/mol. The first kappa shape index (κ1) is 18.3. The summed E-state index contributed by atoms with van der Waals surface area (Å²) in [6.45, 7) is 6.67. The molecule has 1 aliphatic heterocycles. The zero-order chi connectivity index (χ0) is 14.2. The maximum absolute atomic E-state index is 5.33. The van der Waals surface area contributed by atoms with E-state index < -0.39 is 0 Å². The number of guanidine groups is 1. The zero-order valence-corrected chi connectivity index (χ0v) is 15.2. The lowest BCUT2D eigenvalue weighted by molar-refractivity contribution is 0.157. The lowest BCUT2D eigenvalue weighted by Crippen LogP contribution is -2.40. The van der Waals surface area contributed by atoms with Crippen molar-refractivity contribution in [2.45, 2.75) is 19.8 Å². The van der Waals surface area contributed by atoms with Gasteiger partial charge in [0.2, 0.25) is 0 Å². The number of rotatable bonds is 6. The molecule has 1 atom stereocenters. The van der Waals surface area contributed by atoms with Gasteiger partial charge in [-0.05, 0) is 25.5 Å². The molecule has 0 aliphatic carbocycles. The Morgan fingerprint density at radius 3 is 3.10 bits per heavy atom. The van der Waals surface area contributed by atoms with Crippen LogP contribution in [0, 0.1) is 5.92 Å². The first-order valence-electron chi connectivity index (χ1n) is 7.38. The summed E-state index contributed by atoms with van der Waals surface area (Å²) in [6, 6.07) is 3.91. The summed E-state index contributed by atoms with van der Waals surface area (Å²) >= 11 is 0. The van der Waals surface area contributed by atoms with Crippen LogP contribution in [0.2, 0.25) is 0 Å². The maximum atomic E-state index is 5.33. The van der Waals surface area contributed by atoms with Crippen molar-refractivity contribution in [3.05, 3.63) is 24.2 Å². The van der Waals surface area contributed by atoms with Gasteiger partial charge in [-0.1, -0.05) is 0 Å². The fraction of sp³-hybridized carbons (Fsp3) is 0.667. The number of aliphatic imine (C=N–C) groups is 1. The van der Waals surface area contributed by atoms with Crippen LogP contribution in [0.4, 0.5) is 0 Å².